The van der Waals surface area contributed by atoms with Gasteiger partial charge in [-0.2, -0.15) is 0 Å². The lowest BCUT2D eigenvalue weighted by Crippen LogP contribution is -2.07. The normalized spacial score (nSPS) is 10.2. The summed E-state index contributed by atoms with van der Waals surface area (Å²) >= 11 is 0. The summed E-state index contributed by atoms with van der Waals surface area (Å²) < 4.78 is 5.15. The van der Waals surface area contributed by atoms with Gasteiger partial charge in [0.25, 0.3) is 0 Å². The molecule has 0 fully saturated rings. The van der Waals surface area contributed by atoms with E-state index in [0.29, 0.717) is 12.2 Å². The number of aryl methyl sites for hydroxylation is 1. The molecule has 0 saturated heterocycles. The highest BCUT2D eigenvalue weighted by Crippen LogP contribution is 2.12. The lowest BCUT2D eigenvalue weighted by molar-refractivity contribution is 0.0505. The molecule has 2 aromatic carbocycles. The van der Waals surface area contributed by atoms with Crippen molar-refractivity contribution < 1.29 is 9.53 Å². The maximum Gasteiger partial charge on any atom is 0.338 e. The van der Waals surface area contributed by atoms with Gasteiger partial charge >= 0.3 is 5.97 Å². The van der Waals surface area contributed by atoms with E-state index in [4.69, 9.17) is 4.74 Å². The summed E-state index contributed by atoms with van der Waals surface area (Å²) in [6, 6.07) is 17.9. The predicted octanol–water partition coefficient (Wildman–Crippen LogP) is 4.30. The summed E-state index contributed by atoms with van der Waals surface area (Å²) in [7, 11) is 0. The van der Waals surface area contributed by atoms with Crippen LogP contribution in [0.25, 0.3) is 0 Å². The Hall–Kier alpha value is -2.29. The van der Waals surface area contributed by atoms with Gasteiger partial charge in [-0.15, -0.1) is 0 Å². The SMILES string of the molecule is CCCOC(=O)c1cccc(NCCCc2ccccc2)c1. The third-order valence-electron chi connectivity index (χ3n) is 3.35. The number of ether oxygens (including phenoxy) is 1. The van der Waals surface area contributed by atoms with E-state index in [0.717, 1.165) is 31.5 Å². The zero-order chi connectivity index (χ0) is 15.6. The molecular formula is C19H23NO2. The molecule has 3 nitrogen and oxygen atoms in total. The van der Waals surface area contributed by atoms with Crippen LogP contribution in [0.3, 0.4) is 0 Å². The van der Waals surface area contributed by atoms with E-state index in [-0.39, 0.29) is 5.97 Å². The molecule has 0 bridgehead atoms. The average Bonchev–Trinajstić information content (AvgIpc) is 2.58. The van der Waals surface area contributed by atoms with E-state index >= 15 is 0 Å². The van der Waals surface area contributed by atoms with Crippen LogP contribution in [0.5, 0.6) is 0 Å². The minimum atomic E-state index is -0.255. The molecule has 3 heteroatoms. The monoisotopic (exact) mass is 297 g/mol. The molecule has 0 unspecified atom stereocenters. The van der Waals surface area contributed by atoms with Crippen molar-refractivity contribution in [2.75, 3.05) is 18.5 Å². The number of anilines is 1. The highest BCUT2D eigenvalue weighted by atomic mass is 16.5. The molecule has 2 aromatic rings. The molecule has 0 saturated carbocycles. The first-order valence-corrected chi connectivity index (χ1v) is 7.84. The first-order chi connectivity index (χ1) is 10.8. The molecule has 0 aliphatic heterocycles. The van der Waals surface area contributed by atoms with Gasteiger partial charge in [0.1, 0.15) is 0 Å². The molecule has 22 heavy (non-hydrogen) atoms. The molecular weight excluding hydrogens is 274 g/mol. The number of benzene rings is 2. The third-order valence-corrected chi connectivity index (χ3v) is 3.35. The van der Waals surface area contributed by atoms with Gasteiger partial charge in [0.15, 0.2) is 0 Å². The van der Waals surface area contributed by atoms with Crippen LogP contribution in [0.4, 0.5) is 5.69 Å². The summed E-state index contributed by atoms with van der Waals surface area (Å²) in [5.74, 6) is -0.255. The minimum Gasteiger partial charge on any atom is -0.462 e. The summed E-state index contributed by atoms with van der Waals surface area (Å²) in [6.45, 7) is 3.33. The van der Waals surface area contributed by atoms with Gasteiger partial charge in [-0.3, -0.25) is 0 Å². The molecule has 0 aliphatic carbocycles. The van der Waals surface area contributed by atoms with E-state index in [1.807, 2.05) is 31.2 Å². The Kier molecular flexibility index (Phi) is 6.49. The van der Waals surface area contributed by atoms with Crippen LogP contribution >= 0.6 is 0 Å². The average molecular weight is 297 g/mol. The molecule has 0 aromatic heterocycles. The van der Waals surface area contributed by atoms with Gasteiger partial charge in [0.2, 0.25) is 0 Å². The maximum absolute atomic E-state index is 11.8. The summed E-state index contributed by atoms with van der Waals surface area (Å²) in [5, 5.41) is 3.36. The first-order valence-electron chi connectivity index (χ1n) is 7.84. The fourth-order valence-electron chi connectivity index (χ4n) is 2.20. The molecule has 0 heterocycles. The van der Waals surface area contributed by atoms with E-state index in [1.54, 1.807) is 6.07 Å². The summed E-state index contributed by atoms with van der Waals surface area (Å²) in [5.41, 5.74) is 2.90. The Morgan fingerprint density at radius 3 is 2.68 bits per heavy atom. The highest BCUT2D eigenvalue weighted by molar-refractivity contribution is 5.90. The molecule has 0 atom stereocenters. The van der Waals surface area contributed by atoms with Crippen molar-refractivity contribution in [2.45, 2.75) is 26.2 Å². The van der Waals surface area contributed by atoms with Crippen LogP contribution in [0.1, 0.15) is 35.7 Å². The number of hydrogen-bond acceptors (Lipinski definition) is 3. The topological polar surface area (TPSA) is 38.3 Å². The van der Waals surface area contributed by atoms with E-state index < -0.39 is 0 Å². The van der Waals surface area contributed by atoms with Crippen molar-refractivity contribution in [1.82, 2.24) is 0 Å². The highest BCUT2D eigenvalue weighted by Gasteiger charge is 2.06. The van der Waals surface area contributed by atoms with Gasteiger partial charge in [-0.1, -0.05) is 43.3 Å². The quantitative estimate of drug-likeness (QED) is 0.583. The molecule has 0 radical (unpaired) electrons. The Morgan fingerprint density at radius 1 is 1.09 bits per heavy atom. The summed E-state index contributed by atoms with van der Waals surface area (Å²) in [4.78, 5) is 11.8. The Bertz CT molecular complexity index is 581. The van der Waals surface area contributed by atoms with Crippen molar-refractivity contribution >= 4 is 11.7 Å². The Balaban J connectivity index is 1.79. The van der Waals surface area contributed by atoms with Crippen LogP contribution in [-0.2, 0) is 11.2 Å². The number of rotatable bonds is 8. The second-order valence-corrected chi connectivity index (χ2v) is 5.23. The van der Waals surface area contributed by atoms with Gasteiger partial charge < -0.3 is 10.1 Å². The van der Waals surface area contributed by atoms with Gasteiger partial charge in [-0.05, 0) is 43.0 Å². The van der Waals surface area contributed by atoms with Crippen LogP contribution in [-0.4, -0.2) is 19.1 Å². The first kappa shape index (κ1) is 16.1. The molecule has 0 amide bonds. The van der Waals surface area contributed by atoms with Crippen LogP contribution in [0.2, 0.25) is 0 Å². The second-order valence-electron chi connectivity index (χ2n) is 5.23. The van der Waals surface area contributed by atoms with Crippen molar-refractivity contribution in [3.8, 4) is 0 Å². The predicted molar refractivity (Wildman–Crippen MR) is 90.3 cm³/mol. The van der Waals surface area contributed by atoms with Crippen LogP contribution < -0.4 is 5.32 Å². The van der Waals surface area contributed by atoms with Crippen molar-refractivity contribution in [3.05, 3.63) is 65.7 Å². The smallest absolute Gasteiger partial charge is 0.338 e. The fraction of sp³-hybridized carbons (Fsp3) is 0.316. The molecule has 0 spiro atoms. The van der Waals surface area contributed by atoms with Gasteiger partial charge in [-0.25, -0.2) is 4.79 Å². The number of esters is 1. The zero-order valence-electron chi connectivity index (χ0n) is 13.0. The Morgan fingerprint density at radius 2 is 1.91 bits per heavy atom. The maximum atomic E-state index is 11.8. The molecule has 0 aliphatic rings. The van der Waals surface area contributed by atoms with E-state index in [1.165, 1.54) is 5.56 Å². The Labute approximate surface area is 132 Å². The third kappa shape index (κ3) is 5.24. The molecule has 2 rings (SSSR count). The van der Waals surface area contributed by atoms with Crippen LogP contribution in [0, 0.1) is 0 Å². The number of nitrogens with one attached hydrogen (secondary N) is 1. The van der Waals surface area contributed by atoms with Crippen molar-refractivity contribution in [1.29, 1.82) is 0 Å². The molecule has 116 valence electrons. The van der Waals surface area contributed by atoms with Crippen LogP contribution in [0.15, 0.2) is 54.6 Å². The van der Waals surface area contributed by atoms with E-state index in [2.05, 4.69) is 29.6 Å². The zero-order valence-corrected chi connectivity index (χ0v) is 13.0. The number of carbonyl (C=O) groups is 1. The molecule has 1 N–H and O–H groups in total. The van der Waals surface area contributed by atoms with E-state index in [9.17, 15) is 4.79 Å². The number of hydrogen-bond donors (Lipinski definition) is 1. The minimum absolute atomic E-state index is 0.255. The largest absolute Gasteiger partial charge is 0.462 e. The lowest BCUT2D eigenvalue weighted by Gasteiger charge is -2.08. The van der Waals surface area contributed by atoms with Crippen molar-refractivity contribution in [3.63, 3.8) is 0 Å². The summed E-state index contributed by atoms with van der Waals surface area (Å²) in [6.07, 6.45) is 2.93. The lowest BCUT2D eigenvalue weighted by atomic mass is 10.1. The fourth-order valence-corrected chi connectivity index (χ4v) is 2.20. The number of carbonyl (C=O) groups excluding carboxylic acids is 1. The van der Waals surface area contributed by atoms with Gasteiger partial charge in [0, 0.05) is 12.2 Å². The van der Waals surface area contributed by atoms with Crippen molar-refractivity contribution in [2.24, 2.45) is 0 Å². The standard InChI is InChI=1S/C19H23NO2/c1-2-14-22-19(21)17-11-6-12-18(15-17)20-13-7-10-16-8-4-3-5-9-16/h3-6,8-9,11-12,15,20H,2,7,10,13-14H2,1H3. The second kappa shape index (κ2) is 8.88. The van der Waals surface area contributed by atoms with Gasteiger partial charge in [0.05, 0.1) is 12.2 Å².